The Bertz CT molecular complexity index is 725. The number of amides is 2. The van der Waals surface area contributed by atoms with Crippen LogP contribution < -0.4 is 0 Å². The zero-order valence-corrected chi connectivity index (χ0v) is 11.6. The molecule has 110 valence electrons. The predicted octanol–water partition coefficient (Wildman–Crippen LogP) is 1.33. The number of hydrogen-bond donors (Lipinski definition) is 0. The number of carbonyl (C=O) groups is 3. The van der Waals surface area contributed by atoms with E-state index < -0.39 is 23.7 Å². The van der Waals surface area contributed by atoms with Crippen LogP contribution in [0.5, 0.6) is 0 Å². The van der Waals surface area contributed by atoms with Gasteiger partial charge in [0.25, 0.3) is 11.8 Å². The molecule has 0 aliphatic carbocycles. The van der Waals surface area contributed by atoms with Crippen LogP contribution in [0, 0.1) is 0 Å². The second-order valence-electron chi connectivity index (χ2n) is 4.75. The fourth-order valence-electron chi connectivity index (χ4n) is 2.09. The number of rotatable bonds is 3. The summed E-state index contributed by atoms with van der Waals surface area (Å²) in [5.74, 6) is -2.73. The minimum absolute atomic E-state index is 0.219. The van der Waals surface area contributed by atoms with E-state index >= 15 is 0 Å². The number of fused-ring (bicyclic) bond motifs is 1. The number of hydroxylamine groups is 2. The molecule has 7 nitrogen and oxygen atoms in total. The predicted molar refractivity (Wildman–Crippen MR) is 73.5 cm³/mol. The molecule has 1 aromatic heterocycles. The molecule has 2 aromatic rings. The van der Waals surface area contributed by atoms with E-state index in [4.69, 9.17) is 4.84 Å². The zero-order chi connectivity index (χ0) is 15.7. The van der Waals surface area contributed by atoms with Crippen LogP contribution in [-0.4, -0.2) is 32.8 Å². The summed E-state index contributed by atoms with van der Waals surface area (Å²) < 4.78 is 0. The van der Waals surface area contributed by atoms with Crippen LogP contribution in [0.15, 0.2) is 43.0 Å². The lowest BCUT2D eigenvalue weighted by molar-refractivity contribution is -0.170. The molecule has 0 bridgehead atoms. The number of nitrogens with zero attached hydrogens (tertiary/aromatic N) is 3. The average molecular weight is 297 g/mol. The Morgan fingerprint density at radius 3 is 2.18 bits per heavy atom. The van der Waals surface area contributed by atoms with Gasteiger partial charge in [-0.05, 0) is 19.1 Å². The fraction of sp³-hybridized carbons (Fsp3) is 0.133. The van der Waals surface area contributed by atoms with Gasteiger partial charge in [0, 0.05) is 18.0 Å². The maximum Gasteiger partial charge on any atom is 0.340 e. The molecule has 7 heteroatoms. The third-order valence-electron chi connectivity index (χ3n) is 3.37. The van der Waals surface area contributed by atoms with Gasteiger partial charge in [-0.3, -0.25) is 9.59 Å². The van der Waals surface area contributed by atoms with Crippen molar-refractivity contribution in [2.45, 2.75) is 12.8 Å². The van der Waals surface area contributed by atoms with Gasteiger partial charge in [-0.25, -0.2) is 14.8 Å². The van der Waals surface area contributed by atoms with Crippen LogP contribution in [0.3, 0.4) is 0 Å². The summed E-state index contributed by atoms with van der Waals surface area (Å²) in [6.07, 6.45) is 4.29. The molecule has 1 atom stereocenters. The summed E-state index contributed by atoms with van der Waals surface area (Å²) >= 11 is 0. The Balaban J connectivity index is 1.79. The highest BCUT2D eigenvalue weighted by Gasteiger charge is 2.39. The first-order chi connectivity index (χ1) is 10.6. The van der Waals surface area contributed by atoms with Crippen molar-refractivity contribution in [3.8, 4) is 0 Å². The summed E-state index contributed by atoms with van der Waals surface area (Å²) in [5.41, 5.74) is 0.969. The quantitative estimate of drug-likeness (QED) is 0.794. The highest BCUT2D eigenvalue weighted by Crippen LogP contribution is 2.24. The van der Waals surface area contributed by atoms with Crippen molar-refractivity contribution in [3.63, 3.8) is 0 Å². The zero-order valence-electron chi connectivity index (χ0n) is 11.6. The van der Waals surface area contributed by atoms with Crippen LogP contribution in [-0.2, 0) is 9.63 Å². The average Bonchev–Trinajstić information content (AvgIpc) is 2.80. The number of carbonyl (C=O) groups excluding carboxylic acids is 3. The summed E-state index contributed by atoms with van der Waals surface area (Å²) in [7, 11) is 0. The number of imide groups is 1. The monoisotopic (exact) mass is 297 g/mol. The second kappa shape index (κ2) is 5.36. The maximum absolute atomic E-state index is 12.1. The van der Waals surface area contributed by atoms with Gasteiger partial charge in [-0.1, -0.05) is 17.2 Å². The van der Waals surface area contributed by atoms with Gasteiger partial charge in [0.2, 0.25) is 0 Å². The molecular formula is C15H11N3O4. The largest absolute Gasteiger partial charge is 0.340 e. The van der Waals surface area contributed by atoms with E-state index in [0.717, 1.165) is 0 Å². The molecule has 0 spiro atoms. The van der Waals surface area contributed by atoms with Crippen molar-refractivity contribution in [1.29, 1.82) is 0 Å². The fourth-order valence-corrected chi connectivity index (χ4v) is 2.09. The molecule has 1 unspecified atom stereocenters. The van der Waals surface area contributed by atoms with Gasteiger partial charge in [-0.15, -0.1) is 0 Å². The van der Waals surface area contributed by atoms with E-state index in [1.807, 2.05) is 0 Å². The van der Waals surface area contributed by atoms with Crippen molar-refractivity contribution in [2.75, 3.05) is 0 Å². The standard InChI is InChI=1S/C15H11N3O4/c1-9(10-6-16-8-17-7-10)15(21)22-18-13(19)11-4-2-3-5-12(11)14(18)20/h2-9H,1H3. The van der Waals surface area contributed by atoms with E-state index in [9.17, 15) is 14.4 Å². The van der Waals surface area contributed by atoms with Gasteiger partial charge >= 0.3 is 5.97 Å². The van der Waals surface area contributed by atoms with E-state index in [1.54, 1.807) is 19.1 Å². The Morgan fingerprint density at radius 2 is 1.64 bits per heavy atom. The Labute approximate surface area is 125 Å². The molecule has 0 fully saturated rings. The van der Waals surface area contributed by atoms with Crippen LogP contribution in [0.1, 0.15) is 39.1 Å². The third-order valence-corrected chi connectivity index (χ3v) is 3.37. The summed E-state index contributed by atoms with van der Waals surface area (Å²) in [6, 6.07) is 6.30. The van der Waals surface area contributed by atoms with Gasteiger partial charge in [0.1, 0.15) is 6.33 Å². The van der Waals surface area contributed by atoms with Crippen LogP contribution in [0.25, 0.3) is 0 Å². The SMILES string of the molecule is CC(C(=O)ON1C(=O)c2ccccc2C1=O)c1cncnc1. The number of aromatic nitrogens is 2. The first-order valence-corrected chi connectivity index (χ1v) is 6.54. The van der Waals surface area contributed by atoms with Gasteiger partial charge < -0.3 is 4.84 Å². The molecule has 0 N–H and O–H groups in total. The van der Waals surface area contributed by atoms with Crippen molar-refractivity contribution < 1.29 is 19.2 Å². The molecule has 3 rings (SSSR count). The lowest BCUT2D eigenvalue weighted by Gasteiger charge is -2.16. The van der Waals surface area contributed by atoms with Crippen LogP contribution in [0.4, 0.5) is 0 Å². The van der Waals surface area contributed by atoms with E-state index in [2.05, 4.69) is 9.97 Å². The first kappa shape index (κ1) is 13.9. The van der Waals surface area contributed by atoms with Crippen molar-refractivity contribution in [3.05, 3.63) is 59.7 Å². The molecule has 1 aliphatic rings. The van der Waals surface area contributed by atoms with Crippen LogP contribution in [0.2, 0.25) is 0 Å². The highest BCUT2D eigenvalue weighted by atomic mass is 16.7. The summed E-state index contributed by atoms with van der Waals surface area (Å²) in [6.45, 7) is 1.58. The minimum atomic E-state index is -0.732. The normalized spacial score (nSPS) is 14.7. The molecule has 0 saturated heterocycles. The van der Waals surface area contributed by atoms with E-state index in [0.29, 0.717) is 10.6 Å². The molecule has 1 aliphatic heterocycles. The molecule has 1 aromatic carbocycles. The van der Waals surface area contributed by atoms with Gasteiger partial charge in [0.15, 0.2) is 0 Å². The lowest BCUT2D eigenvalue weighted by Crippen LogP contribution is -2.34. The maximum atomic E-state index is 12.1. The summed E-state index contributed by atoms with van der Waals surface area (Å²) in [4.78, 5) is 48.9. The van der Waals surface area contributed by atoms with E-state index in [1.165, 1.54) is 30.9 Å². The Kier molecular flexibility index (Phi) is 3.38. The Hall–Kier alpha value is -3.09. The van der Waals surface area contributed by atoms with Gasteiger partial charge in [0.05, 0.1) is 17.0 Å². The molecule has 2 amide bonds. The van der Waals surface area contributed by atoms with Crippen LogP contribution >= 0.6 is 0 Å². The number of benzene rings is 1. The second-order valence-corrected chi connectivity index (χ2v) is 4.75. The molecular weight excluding hydrogens is 286 g/mol. The minimum Gasteiger partial charge on any atom is -0.329 e. The third kappa shape index (κ3) is 2.22. The van der Waals surface area contributed by atoms with Crippen molar-refractivity contribution >= 4 is 17.8 Å². The smallest absolute Gasteiger partial charge is 0.329 e. The first-order valence-electron chi connectivity index (χ1n) is 6.54. The molecule has 2 heterocycles. The lowest BCUT2D eigenvalue weighted by atomic mass is 10.1. The molecule has 22 heavy (non-hydrogen) atoms. The Morgan fingerprint density at radius 1 is 1.09 bits per heavy atom. The van der Waals surface area contributed by atoms with Crippen molar-refractivity contribution in [2.24, 2.45) is 0 Å². The summed E-state index contributed by atoms with van der Waals surface area (Å²) in [5, 5.41) is 0.493. The van der Waals surface area contributed by atoms with Gasteiger partial charge in [-0.2, -0.15) is 0 Å². The molecule has 0 radical (unpaired) electrons. The van der Waals surface area contributed by atoms with Crippen molar-refractivity contribution in [1.82, 2.24) is 15.0 Å². The molecule has 0 saturated carbocycles. The van der Waals surface area contributed by atoms with E-state index in [-0.39, 0.29) is 11.1 Å². The topological polar surface area (TPSA) is 89.5 Å². The highest BCUT2D eigenvalue weighted by molar-refractivity contribution is 6.20. The number of hydrogen-bond acceptors (Lipinski definition) is 6.